The quantitative estimate of drug-likeness (QED) is 0.802. The molecule has 5 heteroatoms. The number of ether oxygens (including phenoxy) is 1. The van der Waals surface area contributed by atoms with Gasteiger partial charge in [0.25, 0.3) is 0 Å². The van der Waals surface area contributed by atoms with Gasteiger partial charge in [0.05, 0.1) is 5.69 Å². The van der Waals surface area contributed by atoms with E-state index in [-0.39, 0.29) is 6.09 Å². The van der Waals surface area contributed by atoms with Crippen molar-refractivity contribution in [3.63, 3.8) is 0 Å². The second-order valence-corrected chi connectivity index (χ2v) is 7.82. The van der Waals surface area contributed by atoms with Gasteiger partial charge in [0, 0.05) is 13.1 Å². The molecule has 1 aromatic rings. The van der Waals surface area contributed by atoms with Crippen molar-refractivity contribution in [2.75, 3.05) is 30.0 Å². The predicted molar refractivity (Wildman–Crippen MR) is 98.4 cm³/mol. The highest BCUT2D eigenvalue weighted by Gasteiger charge is 2.30. The molecule has 1 aliphatic rings. The number of thioether (sulfide) groups is 1. The number of anilines is 1. The summed E-state index contributed by atoms with van der Waals surface area (Å²) in [6.45, 7) is 8.20. The summed E-state index contributed by atoms with van der Waals surface area (Å²) in [6.07, 6.45) is 3.94. The zero-order chi connectivity index (χ0) is 16.9. The first kappa shape index (κ1) is 18.1. The van der Waals surface area contributed by atoms with Gasteiger partial charge in [-0.1, -0.05) is 18.2 Å². The van der Waals surface area contributed by atoms with Gasteiger partial charge in [-0.2, -0.15) is 11.8 Å². The first-order chi connectivity index (χ1) is 10.9. The van der Waals surface area contributed by atoms with E-state index in [2.05, 4.69) is 29.8 Å². The van der Waals surface area contributed by atoms with Crippen LogP contribution in [0, 0.1) is 0 Å². The zero-order valence-electron chi connectivity index (χ0n) is 14.6. The minimum absolute atomic E-state index is 0.244. The van der Waals surface area contributed by atoms with Gasteiger partial charge in [0.1, 0.15) is 5.60 Å². The van der Waals surface area contributed by atoms with Crippen LogP contribution in [0.1, 0.15) is 38.3 Å². The molecule has 1 heterocycles. The lowest BCUT2D eigenvalue weighted by atomic mass is 10.1. The van der Waals surface area contributed by atoms with Crippen molar-refractivity contribution < 1.29 is 9.53 Å². The van der Waals surface area contributed by atoms with Gasteiger partial charge in [-0.25, -0.2) is 4.79 Å². The molecule has 1 aromatic carbocycles. The van der Waals surface area contributed by atoms with Crippen LogP contribution in [-0.2, 0) is 17.7 Å². The van der Waals surface area contributed by atoms with Crippen LogP contribution in [0.3, 0.4) is 0 Å². The SMILES string of the molecule is CSCCCNCc1cccc2c1N(C(=O)OC(C)(C)C)CC2. The fourth-order valence-electron chi connectivity index (χ4n) is 2.74. The Morgan fingerprint density at radius 3 is 2.87 bits per heavy atom. The maximum Gasteiger partial charge on any atom is 0.414 e. The first-order valence-corrected chi connectivity index (χ1v) is 9.62. The van der Waals surface area contributed by atoms with Crippen LogP contribution in [0.15, 0.2) is 18.2 Å². The normalized spacial score (nSPS) is 14.0. The lowest BCUT2D eigenvalue weighted by Gasteiger charge is -2.26. The number of nitrogens with one attached hydrogen (secondary N) is 1. The van der Waals surface area contributed by atoms with Crippen molar-refractivity contribution in [2.45, 2.75) is 45.8 Å². The molecular weight excluding hydrogens is 308 g/mol. The van der Waals surface area contributed by atoms with E-state index in [9.17, 15) is 4.79 Å². The summed E-state index contributed by atoms with van der Waals surface area (Å²) in [6, 6.07) is 6.29. The molecular formula is C18H28N2O2S. The topological polar surface area (TPSA) is 41.6 Å². The molecule has 2 rings (SSSR count). The lowest BCUT2D eigenvalue weighted by molar-refractivity contribution is 0.0583. The highest BCUT2D eigenvalue weighted by Crippen LogP contribution is 2.33. The van der Waals surface area contributed by atoms with Crippen LogP contribution < -0.4 is 10.2 Å². The zero-order valence-corrected chi connectivity index (χ0v) is 15.5. The highest BCUT2D eigenvalue weighted by molar-refractivity contribution is 7.98. The molecule has 0 aliphatic carbocycles. The average Bonchev–Trinajstić information content (AvgIpc) is 2.90. The van der Waals surface area contributed by atoms with E-state index in [0.29, 0.717) is 6.54 Å². The third kappa shape index (κ3) is 5.15. The molecule has 23 heavy (non-hydrogen) atoms. The van der Waals surface area contributed by atoms with E-state index in [4.69, 9.17) is 4.74 Å². The van der Waals surface area contributed by atoms with Gasteiger partial charge in [-0.3, -0.25) is 4.90 Å². The number of nitrogens with zero attached hydrogens (tertiary/aromatic N) is 1. The van der Waals surface area contributed by atoms with Crippen LogP contribution >= 0.6 is 11.8 Å². The number of hydrogen-bond acceptors (Lipinski definition) is 4. The van der Waals surface area contributed by atoms with Crippen LogP contribution in [0.5, 0.6) is 0 Å². The Balaban J connectivity index is 2.06. The predicted octanol–water partition coefficient (Wildman–Crippen LogP) is 3.83. The van der Waals surface area contributed by atoms with Crippen molar-refractivity contribution >= 4 is 23.5 Å². The largest absolute Gasteiger partial charge is 0.443 e. The summed E-state index contributed by atoms with van der Waals surface area (Å²) in [5.74, 6) is 1.17. The number of benzene rings is 1. The van der Waals surface area contributed by atoms with E-state index in [1.165, 1.54) is 16.9 Å². The fourth-order valence-corrected chi connectivity index (χ4v) is 3.18. The van der Waals surface area contributed by atoms with E-state index in [1.807, 2.05) is 32.5 Å². The maximum atomic E-state index is 12.5. The van der Waals surface area contributed by atoms with Crippen molar-refractivity contribution in [1.82, 2.24) is 5.32 Å². The minimum atomic E-state index is -0.467. The van der Waals surface area contributed by atoms with Gasteiger partial charge < -0.3 is 10.1 Å². The molecule has 0 saturated carbocycles. The minimum Gasteiger partial charge on any atom is -0.443 e. The number of rotatable bonds is 6. The summed E-state index contributed by atoms with van der Waals surface area (Å²) < 4.78 is 5.55. The summed E-state index contributed by atoms with van der Waals surface area (Å²) >= 11 is 1.87. The van der Waals surface area contributed by atoms with Crippen LogP contribution in [-0.4, -0.2) is 36.8 Å². The number of fused-ring (bicyclic) bond motifs is 1. The fraction of sp³-hybridized carbons (Fsp3) is 0.611. The summed E-state index contributed by atoms with van der Waals surface area (Å²) in [4.78, 5) is 14.3. The maximum absolute atomic E-state index is 12.5. The number of carbonyl (C=O) groups is 1. The molecule has 0 fully saturated rings. The first-order valence-electron chi connectivity index (χ1n) is 8.23. The van der Waals surface area contributed by atoms with Gasteiger partial charge in [0.2, 0.25) is 0 Å². The molecule has 0 saturated heterocycles. The Kier molecular flexibility index (Phi) is 6.36. The Bertz CT molecular complexity index is 540. The number of hydrogen-bond donors (Lipinski definition) is 1. The van der Waals surface area contributed by atoms with Gasteiger partial charge in [-0.15, -0.1) is 0 Å². The number of para-hydroxylation sites is 1. The summed E-state index contributed by atoms with van der Waals surface area (Å²) in [5, 5.41) is 3.48. The van der Waals surface area contributed by atoms with Crippen LogP contribution in [0.25, 0.3) is 0 Å². The summed E-state index contributed by atoms with van der Waals surface area (Å²) in [5.41, 5.74) is 2.98. The molecule has 1 amide bonds. The number of amides is 1. The lowest BCUT2D eigenvalue weighted by Crippen LogP contribution is -2.36. The molecule has 4 nitrogen and oxygen atoms in total. The second-order valence-electron chi connectivity index (χ2n) is 6.83. The van der Waals surface area contributed by atoms with Crippen molar-refractivity contribution in [1.29, 1.82) is 0 Å². The van der Waals surface area contributed by atoms with Crippen molar-refractivity contribution in [3.8, 4) is 0 Å². The Morgan fingerprint density at radius 1 is 1.39 bits per heavy atom. The molecule has 1 N–H and O–H groups in total. The standard InChI is InChI=1S/C18H28N2O2S/c1-18(2,3)22-17(21)20-11-9-14-7-5-8-15(16(14)20)13-19-10-6-12-23-4/h5,7-8,19H,6,9-13H2,1-4H3. The van der Waals surface area contributed by atoms with Crippen molar-refractivity contribution in [3.05, 3.63) is 29.3 Å². The molecule has 0 atom stereocenters. The second kappa shape index (κ2) is 8.06. The summed E-state index contributed by atoms with van der Waals surface area (Å²) in [7, 11) is 0. The van der Waals surface area contributed by atoms with Gasteiger partial charge in [0.15, 0.2) is 0 Å². The Hall–Kier alpha value is -1.20. The molecule has 0 bridgehead atoms. The Morgan fingerprint density at radius 2 is 2.17 bits per heavy atom. The highest BCUT2D eigenvalue weighted by atomic mass is 32.2. The van der Waals surface area contributed by atoms with Gasteiger partial charge in [-0.05, 0) is 63.3 Å². The van der Waals surface area contributed by atoms with Crippen molar-refractivity contribution in [2.24, 2.45) is 0 Å². The van der Waals surface area contributed by atoms with Crippen LogP contribution in [0.2, 0.25) is 0 Å². The number of carbonyl (C=O) groups excluding carboxylic acids is 1. The Labute approximate surface area is 144 Å². The van der Waals surface area contributed by atoms with Crippen LogP contribution in [0.4, 0.5) is 10.5 Å². The monoisotopic (exact) mass is 336 g/mol. The third-order valence-corrected chi connectivity index (χ3v) is 4.41. The molecule has 1 aliphatic heterocycles. The third-order valence-electron chi connectivity index (χ3n) is 3.71. The molecule has 0 spiro atoms. The van der Waals surface area contributed by atoms with E-state index < -0.39 is 5.60 Å². The molecule has 128 valence electrons. The molecule has 0 aromatic heterocycles. The molecule has 0 radical (unpaired) electrons. The van der Waals surface area contributed by atoms with E-state index >= 15 is 0 Å². The van der Waals surface area contributed by atoms with Gasteiger partial charge >= 0.3 is 6.09 Å². The smallest absolute Gasteiger partial charge is 0.414 e. The van der Waals surface area contributed by atoms with E-state index in [0.717, 1.165) is 31.6 Å². The molecule has 0 unspecified atom stereocenters. The average molecular weight is 337 g/mol. The van der Waals surface area contributed by atoms with E-state index in [1.54, 1.807) is 4.90 Å².